The Hall–Kier alpha value is -2.02. The zero-order valence-corrected chi connectivity index (χ0v) is 11.3. The van der Waals surface area contributed by atoms with Gasteiger partial charge in [0.2, 0.25) is 0 Å². The van der Waals surface area contributed by atoms with Gasteiger partial charge in [-0.25, -0.2) is 9.59 Å². The van der Waals surface area contributed by atoms with Crippen LogP contribution in [0.3, 0.4) is 0 Å². The van der Waals surface area contributed by atoms with E-state index in [1.54, 1.807) is 0 Å². The maximum atomic E-state index is 11.1. The van der Waals surface area contributed by atoms with E-state index in [9.17, 15) is 9.59 Å². The predicted octanol–water partition coefficient (Wildman–Crippen LogP) is 2.25. The second kappa shape index (κ2) is 8.98. The first kappa shape index (κ1) is 17.0. The Morgan fingerprint density at radius 2 is 1.68 bits per heavy atom. The van der Waals surface area contributed by atoms with Crippen molar-refractivity contribution in [2.75, 3.05) is 13.2 Å². The average Bonchev–Trinajstić information content (AvgIpc) is 2.46. The molecule has 104 valence electrons. The van der Waals surface area contributed by atoms with E-state index < -0.39 is 17.4 Å². The molecule has 4 nitrogen and oxygen atoms in total. The number of esters is 2. The first-order valence-corrected chi connectivity index (χ1v) is 6.09. The minimum atomic E-state index is -0.798. The smallest absolute Gasteiger partial charge is 0.330 e. The molecule has 0 radical (unpaired) electrons. The molecule has 0 aliphatic carbocycles. The summed E-state index contributed by atoms with van der Waals surface area (Å²) in [5.41, 5.74) is -0.798. The van der Waals surface area contributed by atoms with Gasteiger partial charge in [-0.3, -0.25) is 0 Å². The van der Waals surface area contributed by atoms with E-state index in [-0.39, 0.29) is 13.2 Å². The van der Waals surface area contributed by atoms with Crippen LogP contribution >= 0.6 is 0 Å². The molecule has 0 aromatic heterocycles. The Kier molecular flexibility index (Phi) is 8.03. The van der Waals surface area contributed by atoms with Crippen LogP contribution in [0.15, 0.2) is 25.3 Å². The summed E-state index contributed by atoms with van der Waals surface area (Å²) in [4.78, 5) is 22.2. The Morgan fingerprint density at radius 3 is 2.00 bits per heavy atom. The van der Waals surface area contributed by atoms with E-state index in [1.807, 2.05) is 6.92 Å². The standard InChI is InChI=1S/C15H20O4/c1-5-9-10-15(8-4,11-18-13(16)6-2)12-19-14(17)7-3/h4,6-7H,2-3,5,9-12H2,1H3. The van der Waals surface area contributed by atoms with E-state index in [4.69, 9.17) is 15.9 Å². The first-order chi connectivity index (χ1) is 9.03. The zero-order valence-electron chi connectivity index (χ0n) is 11.3. The van der Waals surface area contributed by atoms with Crippen LogP contribution in [0.25, 0.3) is 0 Å². The summed E-state index contributed by atoms with van der Waals surface area (Å²) in [6.45, 7) is 8.64. The molecule has 0 aromatic rings. The van der Waals surface area contributed by atoms with Crippen molar-refractivity contribution in [3.8, 4) is 12.3 Å². The van der Waals surface area contributed by atoms with Crippen molar-refractivity contribution in [1.29, 1.82) is 0 Å². The highest BCUT2D eigenvalue weighted by atomic mass is 16.5. The second-order valence-corrected chi connectivity index (χ2v) is 4.15. The van der Waals surface area contributed by atoms with E-state index in [0.29, 0.717) is 6.42 Å². The largest absolute Gasteiger partial charge is 0.461 e. The number of terminal acetylenes is 1. The van der Waals surface area contributed by atoms with Crippen LogP contribution in [0, 0.1) is 17.8 Å². The van der Waals surface area contributed by atoms with Gasteiger partial charge in [0.05, 0.1) is 5.41 Å². The highest BCUT2D eigenvalue weighted by molar-refractivity contribution is 5.81. The molecule has 0 saturated carbocycles. The summed E-state index contributed by atoms with van der Waals surface area (Å²) < 4.78 is 9.99. The van der Waals surface area contributed by atoms with Gasteiger partial charge in [0.1, 0.15) is 13.2 Å². The van der Waals surface area contributed by atoms with Gasteiger partial charge in [-0.2, -0.15) is 0 Å². The summed E-state index contributed by atoms with van der Waals surface area (Å²) in [5.74, 6) is 1.49. The van der Waals surface area contributed by atoms with Gasteiger partial charge in [-0.15, -0.1) is 6.42 Å². The Labute approximate surface area is 114 Å². The summed E-state index contributed by atoms with van der Waals surface area (Å²) in [7, 11) is 0. The molecule has 0 saturated heterocycles. The molecule has 0 bridgehead atoms. The molecular weight excluding hydrogens is 244 g/mol. The van der Waals surface area contributed by atoms with Gasteiger partial charge in [0.25, 0.3) is 0 Å². The molecule has 0 aliphatic heterocycles. The minimum Gasteiger partial charge on any atom is -0.461 e. The number of hydrogen-bond acceptors (Lipinski definition) is 4. The lowest BCUT2D eigenvalue weighted by atomic mass is 9.85. The Balaban J connectivity index is 4.71. The third-order valence-electron chi connectivity index (χ3n) is 2.63. The Morgan fingerprint density at radius 1 is 1.21 bits per heavy atom. The molecule has 0 spiro atoms. The lowest BCUT2D eigenvalue weighted by Crippen LogP contribution is -2.32. The van der Waals surface area contributed by atoms with Gasteiger partial charge >= 0.3 is 11.9 Å². The molecule has 0 fully saturated rings. The minimum absolute atomic E-state index is 0.00121. The number of hydrogen-bond donors (Lipinski definition) is 0. The van der Waals surface area contributed by atoms with Crippen molar-refractivity contribution in [3.05, 3.63) is 25.3 Å². The molecule has 0 rings (SSSR count). The quantitative estimate of drug-likeness (QED) is 0.364. The predicted molar refractivity (Wildman–Crippen MR) is 73.1 cm³/mol. The number of carbonyl (C=O) groups excluding carboxylic acids is 2. The van der Waals surface area contributed by atoms with Gasteiger partial charge in [0.15, 0.2) is 0 Å². The van der Waals surface area contributed by atoms with E-state index in [2.05, 4.69) is 19.1 Å². The van der Waals surface area contributed by atoms with Crippen LogP contribution < -0.4 is 0 Å². The fourth-order valence-electron chi connectivity index (χ4n) is 1.39. The topological polar surface area (TPSA) is 52.6 Å². The summed E-state index contributed by atoms with van der Waals surface area (Å²) >= 11 is 0. The summed E-state index contributed by atoms with van der Waals surface area (Å²) in [5, 5.41) is 0. The summed E-state index contributed by atoms with van der Waals surface area (Å²) in [6.07, 6.45) is 10.0. The van der Waals surface area contributed by atoms with Crippen LogP contribution in [0.5, 0.6) is 0 Å². The number of rotatable bonds is 9. The maximum absolute atomic E-state index is 11.1. The molecule has 0 aromatic carbocycles. The molecule has 0 amide bonds. The van der Waals surface area contributed by atoms with Gasteiger partial charge in [-0.05, 0) is 6.42 Å². The Bertz CT molecular complexity index is 352. The number of ether oxygens (including phenoxy) is 2. The zero-order chi connectivity index (χ0) is 14.7. The third kappa shape index (κ3) is 6.46. The van der Waals surface area contributed by atoms with Crippen LogP contribution in [-0.4, -0.2) is 25.2 Å². The fraction of sp³-hybridized carbons (Fsp3) is 0.467. The molecule has 4 heteroatoms. The van der Waals surface area contributed by atoms with Crippen molar-refractivity contribution in [1.82, 2.24) is 0 Å². The van der Waals surface area contributed by atoms with Crippen LogP contribution in [0.4, 0.5) is 0 Å². The van der Waals surface area contributed by atoms with Crippen molar-refractivity contribution < 1.29 is 19.1 Å². The van der Waals surface area contributed by atoms with Crippen molar-refractivity contribution in [2.24, 2.45) is 5.41 Å². The molecular formula is C15H20O4. The third-order valence-corrected chi connectivity index (χ3v) is 2.63. The van der Waals surface area contributed by atoms with Crippen LogP contribution in [0.1, 0.15) is 26.2 Å². The van der Waals surface area contributed by atoms with Crippen molar-refractivity contribution >= 4 is 11.9 Å². The molecule has 0 unspecified atom stereocenters. The molecule has 0 aliphatic rings. The van der Waals surface area contributed by atoms with E-state index in [1.165, 1.54) is 0 Å². The lowest BCUT2D eigenvalue weighted by molar-refractivity contribution is -0.145. The highest BCUT2D eigenvalue weighted by Gasteiger charge is 2.30. The normalized spacial score (nSPS) is 10.1. The maximum Gasteiger partial charge on any atom is 0.330 e. The molecule has 0 heterocycles. The van der Waals surface area contributed by atoms with E-state index >= 15 is 0 Å². The van der Waals surface area contributed by atoms with Crippen LogP contribution in [-0.2, 0) is 19.1 Å². The van der Waals surface area contributed by atoms with Crippen LogP contribution in [0.2, 0.25) is 0 Å². The summed E-state index contributed by atoms with van der Waals surface area (Å²) in [6, 6.07) is 0. The highest BCUT2D eigenvalue weighted by Crippen LogP contribution is 2.25. The van der Waals surface area contributed by atoms with E-state index in [0.717, 1.165) is 25.0 Å². The van der Waals surface area contributed by atoms with Crippen molar-refractivity contribution in [2.45, 2.75) is 26.2 Å². The van der Waals surface area contributed by atoms with Gasteiger partial charge < -0.3 is 9.47 Å². The number of carbonyl (C=O) groups is 2. The molecule has 19 heavy (non-hydrogen) atoms. The monoisotopic (exact) mass is 264 g/mol. The number of unbranched alkanes of at least 4 members (excludes halogenated alkanes) is 1. The van der Waals surface area contributed by atoms with Gasteiger partial charge in [-0.1, -0.05) is 38.8 Å². The second-order valence-electron chi connectivity index (χ2n) is 4.15. The fourth-order valence-corrected chi connectivity index (χ4v) is 1.39. The molecule has 0 atom stereocenters. The average molecular weight is 264 g/mol. The lowest BCUT2D eigenvalue weighted by Gasteiger charge is -2.27. The SMILES string of the molecule is C#CC(CCCC)(COC(=O)C=C)COC(=O)C=C. The van der Waals surface area contributed by atoms with Gasteiger partial charge in [0, 0.05) is 12.2 Å². The van der Waals surface area contributed by atoms with Crippen molar-refractivity contribution in [3.63, 3.8) is 0 Å². The first-order valence-electron chi connectivity index (χ1n) is 6.09. The molecule has 0 N–H and O–H groups in total.